The van der Waals surface area contributed by atoms with Gasteiger partial charge in [-0.25, -0.2) is 5.48 Å². The van der Waals surface area contributed by atoms with Crippen LogP contribution in [-0.2, 0) is 20.8 Å². The maximum atomic E-state index is 12.2. The predicted molar refractivity (Wildman–Crippen MR) is 83.1 cm³/mol. The highest BCUT2D eigenvalue weighted by molar-refractivity contribution is 7.86. The number of pyridine rings is 1. The number of nitrogens with one attached hydrogen (secondary N) is 1. The summed E-state index contributed by atoms with van der Waals surface area (Å²) < 4.78 is 29.3. The number of hydrogen-bond acceptors (Lipinski definition) is 5. The lowest BCUT2D eigenvalue weighted by Gasteiger charge is -2.18. The first-order chi connectivity index (χ1) is 10.6. The fourth-order valence-corrected chi connectivity index (χ4v) is 3.09. The second-order valence-electron chi connectivity index (χ2n) is 5.14. The van der Waals surface area contributed by atoms with Gasteiger partial charge in [-0.3, -0.25) is 4.98 Å². The molecule has 2 aromatic rings. The largest absolute Gasteiger partial charge is 0.317 e. The van der Waals surface area contributed by atoms with Gasteiger partial charge in [-0.2, -0.15) is 8.42 Å². The van der Waals surface area contributed by atoms with Crippen molar-refractivity contribution in [3.05, 3.63) is 65.5 Å². The van der Waals surface area contributed by atoms with Crippen molar-refractivity contribution in [2.75, 3.05) is 0 Å². The number of aryl methyl sites for hydroxylation is 2. The van der Waals surface area contributed by atoms with E-state index in [0.29, 0.717) is 5.70 Å². The van der Waals surface area contributed by atoms with Gasteiger partial charge in [-0.15, -0.1) is 4.28 Å². The highest BCUT2D eigenvalue weighted by atomic mass is 32.2. The standard InChI is InChI=1S/C16H16N2O3S/c1-12-5-7-14(8-6-12)22(19,20)21-18-16-4-2-3-13-11-17-10-9-15(13)16/h4-11,18H,2-3H2,1H3. The minimum atomic E-state index is -3.85. The van der Waals surface area contributed by atoms with Crippen molar-refractivity contribution in [3.63, 3.8) is 0 Å². The third kappa shape index (κ3) is 3.03. The normalized spacial score (nSPS) is 14.1. The van der Waals surface area contributed by atoms with Crippen LogP contribution in [0.1, 0.15) is 23.1 Å². The number of hydroxylamine groups is 1. The second kappa shape index (κ2) is 5.90. The predicted octanol–water partition coefficient (Wildman–Crippen LogP) is 2.59. The molecule has 6 heteroatoms. The fourth-order valence-electron chi connectivity index (χ4n) is 2.32. The third-order valence-corrected chi connectivity index (χ3v) is 4.68. The van der Waals surface area contributed by atoms with E-state index in [-0.39, 0.29) is 4.90 Å². The number of nitrogens with zero attached hydrogens (tertiary/aromatic N) is 1. The zero-order valence-electron chi connectivity index (χ0n) is 12.1. The summed E-state index contributed by atoms with van der Waals surface area (Å²) in [5.41, 5.74) is 6.21. The van der Waals surface area contributed by atoms with Crippen LogP contribution in [0.2, 0.25) is 0 Å². The van der Waals surface area contributed by atoms with E-state index in [1.54, 1.807) is 24.5 Å². The van der Waals surface area contributed by atoms with Crippen LogP contribution < -0.4 is 5.48 Å². The molecule has 0 fully saturated rings. The summed E-state index contributed by atoms with van der Waals surface area (Å²) >= 11 is 0. The lowest BCUT2D eigenvalue weighted by Crippen LogP contribution is -2.21. The number of fused-ring (bicyclic) bond motifs is 1. The average Bonchev–Trinajstić information content (AvgIpc) is 2.53. The molecular weight excluding hydrogens is 300 g/mol. The molecule has 0 aliphatic heterocycles. The van der Waals surface area contributed by atoms with Crippen molar-refractivity contribution in [2.45, 2.75) is 24.7 Å². The SMILES string of the molecule is Cc1ccc(S(=O)(=O)ONC2=CCCc3cnccc32)cc1. The Morgan fingerprint density at radius 2 is 1.95 bits per heavy atom. The molecule has 1 aliphatic carbocycles. The molecule has 1 aliphatic rings. The van der Waals surface area contributed by atoms with Crippen LogP contribution in [0.25, 0.3) is 5.70 Å². The van der Waals surface area contributed by atoms with Crippen molar-refractivity contribution in [2.24, 2.45) is 0 Å². The van der Waals surface area contributed by atoms with E-state index in [4.69, 9.17) is 4.28 Å². The number of allylic oxidation sites excluding steroid dienone is 1. The van der Waals surface area contributed by atoms with Crippen molar-refractivity contribution in [3.8, 4) is 0 Å². The van der Waals surface area contributed by atoms with Crippen molar-refractivity contribution in [1.82, 2.24) is 10.5 Å². The van der Waals surface area contributed by atoms with E-state index in [2.05, 4.69) is 10.5 Å². The summed E-state index contributed by atoms with van der Waals surface area (Å²) in [6.45, 7) is 1.90. The lowest BCUT2D eigenvalue weighted by molar-refractivity contribution is 0.258. The van der Waals surface area contributed by atoms with Gasteiger partial charge < -0.3 is 0 Å². The summed E-state index contributed by atoms with van der Waals surface area (Å²) in [5, 5.41) is 0. The van der Waals surface area contributed by atoms with Gasteiger partial charge in [0.05, 0.1) is 10.6 Å². The quantitative estimate of drug-likeness (QED) is 0.878. The number of benzene rings is 1. The highest BCUT2D eigenvalue weighted by Crippen LogP contribution is 2.24. The first kappa shape index (κ1) is 14.7. The fraction of sp³-hybridized carbons (Fsp3) is 0.188. The molecule has 1 aromatic carbocycles. The summed E-state index contributed by atoms with van der Waals surface area (Å²) in [5.74, 6) is 0. The molecule has 1 heterocycles. The van der Waals surface area contributed by atoms with Crippen LogP contribution in [0.15, 0.2) is 53.7 Å². The number of rotatable bonds is 4. The van der Waals surface area contributed by atoms with E-state index in [0.717, 1.165) is 29.5 Å². The molecule has 0 spiro atoms. The van der Waals surface area contributed by atoms with Gasteiger partial charge in [0, 0.05) is 18.0 Å². The summed E-state index contributed by atoms with van der Waals surface area (Å²) in [6, 6.07) is 8.36. The minimum Gasteiger partial charge on any atom is -0.264 e. The monoisotopic (exact) mass is 316 g/mol. The van der Waals surface area contributed by atoms with Gasteiger partial charge in [0.25, 0.3) is 0 Å². The maximum absolute atomic E-state index is 12.2. The second-order valence-corrected chi connectivity index (χ2v) is 6.69. The zero-order chi connectivity index (χ0) is 15.6. The Balaban J connectivity index is 1.78. The molecule has 0 amide bonds. The van der Waals surface area contributed by atoms with E-state index in [9.17, 15) is 8.42 Å². The molecule has 0 atom stereocenters. The molecule has 0 saturated carbocycles. The first-order valence-corrected chi connectivity index (χ1v) is 8.37. The van der Waals surface area contributed by atoms with Crippen molar-refractivity contribution < 1.29 is 12.7 Å². The Labute approximate surface area is 129 Å². The van der Waals surface area contributed by atoms with Crippen molar-refractivity contribution >= 4 is 15.8 Å². The molecule has 1 N–H and O–H groups in total. The van der Waals surface area contributed by atoms with Crippen molar-refractivity contribution in [1.29, 1.82) is 0 Å². The number of aromatic nitrogens is 1. The van der Waals surface area contributed by atoms with Gasteiger partial charge in [-0.05, 0) is 43.5 Å². The summed E-state index contributed by atoms with van der Waals surface area (Å²) in [6.07, 6.45) is 7.09. The Morgan fingerprint density at radius 1 is 1.18 bits per heavy atom. The van der Waals surface area contributed by atoms with E-state index >= 15 is 0 Å². The van der Waals surface area contributed by atoms with Gasteiger partial charge in [0.2, 0.25) is 0 Å². The van der Waals surface area contributed by atoms with Gasteiger partial charge >= 0.3 is 10.1 Å². The number of hydrogen-bond donors (Lipinski definition) is 1. The van der Waals surface area contributed by atoms with Crippen LogP contribution in [0.4, 0.5) is 0 Å². The molecule has 0 unspecified atom stereocenters. The zero-order valence-corrected chi connectivity index (χ0v) is 12.9. The van der Waals surface area contributed by atoms with Crippen LogP contribution >= 0.6 is 0 Å². The van der Waals surface area contributed by atoms with Gasteiger partial charge in [0.15, 0.2) is 0 Å². The van der Waals surface area contributed by atoms with Crippen LogP contribution in [0, 0.1) is 6.92 Å². The van der Waals surface area contributed by atoms with Crippen LogP contribution in [0.3, 0.4) is 0 Å². The molecular formula is C16H16N2O3S. The smallest absolute Gasteiger partial charge is 0.264 e. The van der Waals surface area contributed by atoms with Gasteiger partial charge in [0.1, 0.15) is 0 Å². The Bertz CT molecular complexity index is 812. The van der Waals surface area contributed by atoms with E-state index < -0.39 is 10.1 Å². The highest BCUT2D eigenvalue weighted by Gasteiger charge is 2.18. The molecule has 22 heavy (non-hydrogen) atoms. The minimum absolute atomic E-state index is 0.122. The topological polar surface area (TPSA) is 68.3 Å². The van der Waals surface area contributed by atoms with E-state index in [1.807, 2.05) is 19.1 Å². The summed E-state index contributed by atoms with van der Waals surface area (Å²) in [7, 11) is -3.85. The molecule has 1 aromatic heterocycles. The first-order valence-electron chi connectivity index (χ1n) is 6.96. The Hall–Kier alpha value is -2.18. The molecule has 5 nitrogen and oxygen atoms in total. The molecule has 3 rings (SSSR count). The Kier molecular flexibility index (Phi) is 3.96. The molecule has 0 saturated heterocycles. The third-order valence-electron chi connectivity index (χ3n) is 3.53. The van der Waals surface area contributed by atoms with Gasteiger partial charge in [-0.1, -0.05) is 23.8 Å². The molecule has 114 valence electrons. The Morgan fingerprint density at radius 3 is 2.73 bits per heavy atom. The average molecular weight is 316 g/mol. The molecule has 0 bridgehead atoms. The molecule has 0 radical (unpaired) electrons. The van der Waals surface area contributed by atoms with Crippen LogP contribution in [0.5, 0.6) is 0 Å². The van der Waals surface area contributed by atoms with E-state index in [1.165, 1.54) is 12.1 Å². The van der Waals surface area contributed by atoms with Crippen LogP contribution in [-0.4, -0.2) is 13.4 Å². The maximum Gasteiger partial charge on any atom is 0.317 e. The lowest BCUT2D eigenvalue weighted by atomic mass is 9.97. The summed E-state index contributed by atoms with van der Waals surface area (Å²) in [4.78, 5) is 4.21.